The lowest BCUT2D eigenvalue weighted by atomic mass is 10.0. The molecule has 2 amide bonds. The van der Waals surface area contributed by atoms with Crippen molar-refractivity contribution in [3.8, 4) is 16.9 Å². The van der Waals surface area contributed by atoms with Gasteiger partial charge < -0.3 is 19.3 Å². The molecule has 0 radical (unpaired) electrons. The van der Waals surface area contributed by atoms with E-state index in [0.717, 1.165) is 35.3 Å². The number of piperazine rings is 1. The number of amides is 2. The standard InChI is InChI=1S/C29H30N2O4/c32-28(30-16-18-31(19-17-30)29(33)27-11-6-20-34-27)24-14-12-23(13-15-24)25-9-4-5-10-26(25)35-21-22-7-2-1-3-8-22/h1-5,7-10,12-15,27H,6,11,16-21H2/t27-/m0/s1. The Balaban J connectivity index is 1.21. The summed E-state index contributed by atoms with van der Waals surface area (Å²) < 4.78 is 11.6. The zero-order chi connectivity index (χ0) is 24.0. The number of carbonyl (C=O) groups is 2. The van der Waals surface area contributed by atoms with Crippen molar-refractivity contribution in [3.05, 3.63) is 90.0 Å². The molecule has 2 fully saturated rings. The minimum atomic E-state index is -0.302. The third-order valence-corrected chi connectivity index (χ3v) is 6.65. The number of nitrogens with zero attached hydrogens (tertiary/aromatic N) is 2. The van der Waals surface area contributed by atoms with E-state index in [2.05, 4.69) is 0 Å². The molecule has 6 heteroatoms. The second-order valence-corrected chi connectivity index (χ2v) is 8.97. The summed E-state index contributed by atoms with van der Waals surface area (Å²) in [5.74, 6) is 0.865. The molecule has 1 atom stereocenters. The van der Waals surface area contributed by atoms with Crippen LogP contribution in [0.3, 0.4) is 0 Å². The highest BCUT2D eigenvalue weighted by Gasteiger charge is 2.31. The molecule has 2 aliphatic heterocycles. The van der Waals surface area contributed by atoms with Crippen molar-refractivity contribution in [2.75, 3.05) is 32.8 Å². The fourth-order valence-corrected chi connectivity index (χ4v) is 4.65. The minimum absolute atomic E-state index is 0.00521. The minimum Gasteiger partial charge on any atom is -0.488 e. The molecule has 2 heterocycles. The molecule has 2 aliphatic rings. The number of rotatable bonds is 6. The average Bonchev–Trinajstić information content (AvgIpc) is 3.47. The quantitative estimate of drug-likeness (QED) is 0.536. The number of para-hydroxylation sites is 1. The van der Waals surface area contributed by atoms with Crippen LogP contribution < -0.4 is 4.74 Å². The van der Waals surface area contributed by atoms with E-state index in [4.69, 9.17) is 9.47 Å². The Morgan fingerprint density at radius 3 is 2.23 bits per heavy atom. The van der Waals surface area contributed by atoms with Crippen molar-refractivity contribution in [1.82, 2.24) is 9.80 Å². The molecule has 180 valence electrons. The largest absolute Gasteiger partial charge is 0.488 e. The summed E-state index contributed by atoms with van der Waals surface area (Å²) in [4.78, 5) is 29.3. The monoisotopic (exact) mass is 470 g/mol. The highest BCUT2D eigenvalue weighted by molar-refractivity contribution is 5.95. The van der Waals surface area contributed by atoms with Crippen LogP contribution >= 0.6 is 0 Å². The summed E-state index contributed by atoms with van der Waals surface area (Å²) in [6.07, 6.45) is 1.43. The van der Waals surface area contributed by atoms with Gasteiger partial charge in [0.05, 0.1) is 0 Å². The van der Waals surface area contributed by atoms with E-state index in [1.165, 1.54) is 0 Å². The van der Waals surface area contributed by atoms with Gasteiger partial charge in [-0.1, -0.05) is 60.7 Å². The summed E-state index contributed by atoms with van der Waals surface area (Å²) >= 11 is 0. The molecule has 35 heavy (non-hydrogen) atoms. The second kappa shape index (κ2) is 10.7. The highest BCUT2D eigenvalue weighted by Crippen LogP contribution is 2.31. The summed E-state index contributed by atoms with van der Waals surface area (Å²) in [5, 5.41) is 0. The fraction of sp³-hybridized carbons (Fsp3) is 0.310. The van der Waals surface area contributed by atoms with Gasteiger partial charge in [-0.05, 0) is 42.2 Å². The SMILES string of the molecule is O=C(c1ccc(-c2ccccc2OCc2ccccc2)cc1)N1CCN(C(=O)[C@@H]2CCCO2)CC1. The first-order chi connectivity index (χ1) is 17.2. The van der Waals surface area contributed by atoms with Crippen LogP contribution in [0.2, 0.25) is 0 Å². The lowest BCUT2D eigenvalue weighted by Gasteiger charge is -2.35. The third kappa shape index (κ3) is 5.38. The summed E-state index contributed by atoms with van der Waals surface area (Å²) in [6, 6.07) is 25.7. The predicted octanol–water partition coefficient (Wildman–Crippen LogP) is 4.40. The molecule has 6 nitrogen and oxygen atoms in total. The molecule has 0 spiro atoms. The van der Waals surface area contributed by atoms with Crippen molar-refractivity contribution in [1.29, 1.82) is 0 Å². The van der Waals surface area contributed by atoms with E-state index in [9.17, 15) is 9.59 Å². The van der Waals surface area contributed by atoms with Gasteiger partial charge in [0.25, 0.3) is 11.8 Å². The van der Waals surface area contributed by atoms with Crippen LogP contribution in [0.4, 0.5) is 0 Å². The van der Waals surface area contributed by atoms with Crippen molar-refractivity contribution < 1.29 is 19.1 Å². The van der Waals surface area contributed by atoms with Gasteiger partial charge in [-0.2, -0.15) is 0 Å². The van der Waals surface area contributed by atoms with Gasteiger partial charge in [-0.25, -0.2) is 0 Å². The molecule has 0 aliphatic carbocycles. The number of hydrogen-bond acceptors (Lipinski definition) is 4. The van der Waals surface area contributed by atoms with E-state index in [1.807, 2.05) is 88.7 Å². The van der Waals surface area contributed by atoms with E-state index in [-0.39, 0.29) is 17.9 Å². The lowest BCUT2D eigenvalue weighted by Crippen LogP contribution is -2.52. The Morgan fingerprint density at radius 1 is 0.829 bits per heavy atom. The molecule has 5 rings (SSSR count). The Labute approximate surface area is 206 Å². The Hall–Kier alpha value is -3.64. The summed E-state index contributed by atoms with van der Waals surface area (Å²) in [6.45, 7) is 3.33. The first-order valence-corrected chi connectivity index (χ1v) is 12.2. The van der Waals surface area contributed by atoms with E-state index < -0.39 is 0 Å². The van der Waals surface area contributed by atoms with Crippen molar-refractivity contribution in [2.24, 2.45) is 0 Å². The normalized spacial score (nSPS) is 17.9. The van der Waals surface area contributed by atoms with Gasteiger partial charge in [0.1, 0.15) is 18.5 Å². The van der Waals surface area contributed by atoms with Gasteiger partial charge in [0, 0.05) is 43.9 Å². The van der Waals surface area contributed by atoms with Crippen molar-refractivity contribution in [3.63, 3.8) is 0 Å². The van der Waals surface area contributed by atoms with E-state index in [1.54, 1.807) is 0 Å². The maximum absolute atomic E-state index is 13.1. The number of ether oxygens (including phenoxy) is 2. The van der Waals surface area contributed by atoms with Crippen LogP contribution in [0, 0.1) is 0 Å². The molecule has 0 unspecified atom stereocenters. The topological polar surface area (TPSA) is 59.1 Å². The summed E-state index contributed by atoms with van der Waals surface area (Å²) in [7, 11) is 0. The molecule has 3 aromatic rings. The van der Waals surface area contributed by atoms with E-state index >= 15 is 0 Å². The molecule has 2 saturated heterocycles. The van der Waals surface area contributed by atoms with Crippen molar-refractivity contribution in [2.45, 2.75) is 25.6 Å². The second-order valence-electron chi connectivity index (χ2n) is 8.97. The van der Waals surface area contributed by atoms with Gasteiger partial charge in [0.15, 0.2) is 0 Å². The maximum Gasteiger partial charge on any atom is 0.253 e. The van der Waals surface area contributed by atoms with Gasteiger partial charge in [-0.3, -0.25) is 9.59 Å². The van der Waals surface area contributed by atoms with Crippen LogP contribution in [0.1, 0.15) is 28.8 Å². The first kappa shape index (κ1) is 23.1. The molecule has 0 aromatic heterocycles. The maximum atomic E-state index is 13.1. The zero-order valence-corrected chi connectivity index (χ0v) is 19.8. The van der Waals surface area contributed by atoms with Crippen LogP contribution in [-0.4, -0.2) is 60.5 Å². The van der Waals surface area contributed by atoms with Gasteiger partial charge >= 0.3 is 0 Å². The lowest BCUT2D eigenvalue weighted by molar-refractivity contribution is -0.142. The predicted molar refractivity (Wildman–Crippen MR) is 134 cm³/mol. The number of hydrogen-bond donors (Lipinski definition) is 0. The third-order valence-electron chi connectivity index (χ3n) is 6.65. The van der Waals surface area contributed by atoms with Crippen LogP contribution in [0.15, 0.2) is 78.9 Å². The van der Waals surface area contributed by atoms with Crippen molar-refractivity contribution >= 4 is 11.8 Å². The highest BCUT2D eigenvalue weighted by atomic mass is 16.5. The van der Waals surface area contributed by atoms with Gasteiger partial charge in [0.2, 0.25) is 0 Å². The first-order valence-electron chi connectivity index (χ1n) is 12.2. The molecular formula is C29H30N2O4. The molecular weight excluding hydrogens is 440 g/mol. The number of benzene rings is 3. The zero-order valence-electron chi connectivity index (χ0n) is 19.8. The van der Waals surface area contributed by atoms with Gasteiger partial charge in [-0.15, -0.1) is 0 Å². The van der Waals surface area contributed by atoms with E-state index in [0.29, 0.717) is 45.0 Å². The van der Waals surface area contributed by atoms with Crippen LogP contribution in [0.5, 0.6) is 5.75 Å². The average molecular weight is 471 g/mol. The fourth-order valence-electron chi connectivity index (χ4n) is 4.65. The Bertz CT molecular complexity index is 1150. The van der Waals surface area contributed by atoms with Crippen LogP contribution in [0.25, 0.3) is 11.1 Å². The Kier molecular flexibility index (Phi) is 7.09. The molecule has 0 bridgehead atoms. The smallest absolute Gasteiger partial charge is 0.253 e. The summed E-state index contributed by atoms with van der Waals surface area (Å²) in [5.41, 5.74) is 3.75. The molecule has 3 aromatic carbocycles. The molecule has 0 N–H and O–H groups in total. The molecule has 0 saturated carbocycles. The number of carbonyl (C=O) groups excluding carboxylic acids is 2. The van der Waals surface area contributed by atoms with Crippen LogP contribution in [-0.2, 0) is 16.1 Å². The Morgan fingerprint density at radius 2 is 1.51 bits per heavy atom.